The quantitative estimate of drug-likeness (QED) is 0.507. The normalized spacial score (nSPS) is 21.4. The Kier molecular flexibility index (Phi) is 6.31. The van der Waals surface area contributed by atoms with Crippen LogP contribution in [0.4, 0.5) is 19.0 Å². The zero-order valence-electron chi connectivity index (χ0n) is 20.8. The summed E-state index contributed by atoms with van der Waals surface area (Å²) in [5.74, 6) is -0.422. The topological polar surface area (TPSA) is 112 Å². The summed E-state index contributed by atoms with van der Waals surface area (Å²) in [7, 11) is 0. The number of nitrogens with zero attached hydrogens (tertiary/aromatic N) is 3. The molecule has 1 atom stereocenters. The second-order valence-electron chi connectivity index (χ2n) is 10.8. The van der Waals surface area contributed by atoms with Gasteiger partial charge in [-0.25, -0.2) is 4.98 Å². The number of nitrogens with two attached hydrogens (primary N) is 1. The molecular weight excluding hydrogens is 473 g/mol. The highest BCUT2D eigenvalue weighted by Crippen LogP contribution is 2.40. The summed E-state index contributed by atoms with van der Waals surface area (Å²) in [5.41, 5.74) is 4.73. The second-order valence-corrected chi connectivity index (χ2v) is 10.8. The van der Waals surface area contributed by atoms with Crippen LogP contribution in [-0.2, 0) is 11.0 Å². The molecule has 7 nitrogen and oxygen atoms in total. The Morgan fingerprint density at radius 2 is 1.94 bits per heavy atom. The maximum atomic E-state index is 13.1. The third kappa shape index (κ3) is 5.18. The van der Waals surface area contributed by atoms with Crippen LogP contribution in [0.15, 0.2) is 29.3 Å². The molecule has 1 saturated heterocycles. The number of nitrogen functional groups attached to an aromatic ring is 1. The molecule has 2 fully saturated rings. The van der Waals surface area contributed by atoms with E-state index in [1.807, 2.05) is 11.8 Å². The van der Waals surface area contributed by atoms with E-state index >= 15 is 0 Å². The molecule has 0 radical (unpaired) electrons. The van der Waals surface area contributed by atoms with Crippen molar-refractivity contribution in [2.24, 2.45) is 10.4 Å². The number of aryl methyl sites for hydroxylation is 1. The fourth-order valence-electron chi connectivity index (χ4n) is 4.80. The number of aliphatic hydroxyl groups is 1. The molecule has 1 saturated carbocycles. The van der Waals surface area contributed by atoms with E-state index in [1.165, 1.54) is 13.0 Å². The number of alkyl halides is 3. The Balaban J connectivity index is 1.65. The minimum absolute atomic E-state index is 0.0133. The lowest BCUT2D eigenvalue weighted by molar-refractivity contribution is -0.137. The number of benzene rings is 1. The fraction of sp³-hybridized carbons (Fsp3) is 0.500. The SMILES string of the molecule is Cc1cc(C(F)(F)F)cc(O)c1-c1ccc(C(=NCC2(C)CC(=O)N(C3CC3)C2)C(C)(C)O)c(N)n1. The van der Waals surface area contributed by atoms with Crippen molar-refractivity contribution < 1.29 is 28.2 Å². The number of amides is 1. The minimum atomic E-state index is -4.59. The molecule has 1 aromatic heterocycles. The molecule has 4 rings (SSSR count). The fourth-order valence-corrected chi connectivity index (χ4v) is 4.80. The van der Waals surface area contributed by atoms with Crippen LogP contribution in [0.2, 0.25) is 0 Å². The van der Waals surface area contributed by atoms with E-state index < -0.39 is 23.1 Å². The smallest absolute Gasteiger partial charge is 0.416 e. The van der Waals surface area contributed by atoms with E-state index in [2.05, 4.69) is 4.98 Å². The number of aromatic nitrogens is 1. The van der Waals surface area contributed by atoms with Crippen molar-refractivity contribution in [3.05, 3.63) is 41.0 Å². The highest BCUT2D eigenvalue weighted by molar-refractivity contribution is 6.09. The van der Waals surface area contributed by atoms with Crippen LogP contribution >= 0.6 is 0 Å². The summed E-state index contributed by atoms with van der Waals surface area (Å²) in [6.07, 6.45) is -2.15. The molecule has 0 spiro atoms. The number of anilines is 1. The van der Waals surface area contributed by atoms with Gasteiger partial charge in [-0.1, -0.05) is 6.92 Å². The zero-order chi connectivity index (χ0) is 26.6. The van der Waals surface area contributed by atoms with Gasteiger partial charge in [0.15, 0.2) is 0 Å². The first kappa shape index (κ1) is 25.9. The molecule has 1 aliphatic carbocycles. The number of phenols is 1. The Morgan fingerprint density at radius 3 is 2.47 bits per heavy atom. The van der Waals surface area contributed by atoms with Gasteiger partial charge in [0.05, 0.1) is 17.0 Å². The number of rotatable bonds is 6. The van der Waals surface area contributed by atoms with Gasteiger partial charge in [-0.2, -0.15) is 13.2 Å². The van der Waals surface area contributed by atoms with E-state index in [-0.39, 0.29) is 34.0 Å². The number of carbonyl (C=O) groups is 1. The van der Waals surface area contributed by atoms with Crippen LogP contribution in [0, 0.1) is 12.3 Å². The summed E-state index contributed by atoms with van der Waals surface area (Å²) in [6, 6.07) is 5.04. The molecule has 2 aromatic rings. The lowest BCUT2D eigenvalue weighted by Crippen LogP contribution is -2.35. The average Bonchev–Trinajstić information content (AvgIpc) is 3.52. The highest BCUT2D eigenvalue weighted by atomic mass is 19.4. The van der Waals surface area contributed by atoms with Gasteiger partial charge in [-0.15, -0.1) is 0 Å². The van der Waals surface area contributed by atoms with Crippen LogP contribution in [0.25, 0.3) is 11.3 Å². The Hall–Kier alpha value is -3.14. The maximum Gasteiger partial charge on any atom is 0.416 e. The second kappa shape index (κ2) is 8.76. The molecule has 4 N–H and O–H groups in total. The van der Waals surface area contributed by atoms with Gasteiger partial charge in [0, 0.05) is 42.1 Å². The summed E-state index contributed by atoms with van der Waals surface area (Å²) in [4.78, 5) is 23.4. The van der Waals surface area contributed by atoms with Crippen molar-refractivity contribution in [1.82, 2.24) is 9.88 Å². The first-order chi connectivity index (χ1) is 16.6. The molecular formula is C26H31F3N4O3. The summed E-state index contributed by atoms with van der Waals surface area (Å²) >= 11 is 0. The van der Waals surface area contributed by atoms with Gasteiger partial charge in [0.25, 0.3) is 0 Å². The van der Waals surface area contributed by atoms with Gasteiger partial charge >= 0.3 is 6.18 Å². The predicted molar refractivity (Wildman–Crippen MR) is 131 cm³/mol. The van der Waals surface area contributed by atoms with Crippen molar-refractivity contribution in [1.29, 1.82) is 0 Å². The van der Waals surface area contributed by atoms with Crippen molar-refractivity contribution >= 4 is 17.4 Å². The highest BCUT2D eigenvalue weighted by Gasteiger charge is 2.45. The lowest BCUT2D eigenvalue weighted by atomic mass is 9.89. The van der Waals surface area contributed by atoms with Gasteiger partial charge in [-0.05, 0) is 63.4 Å². The van der Waals surface area contributed by atoms with Crippen LogP contribution in [0.3, 0.4) is 0 Å². The maximum absolute atomic E-state index is 13.1. The third-order valence-corrected chi connectivity index (χ3v) is 6.71. The zero-order valence-corrected chi connectivity index (χ0v) is 20.8. The number of halogens is 3. The Morgan fingerprint density at radius 1 is 1.28 bits per heavy atom. The summed E-state index contributed by atoms with van der Waals surface area (Å²) in [6.45, 7) is 7.51. The number of aromatic hydroxyl groups is 1. The number of hydrogen-bond donors (Lipinski definition) is 3. The van der Waals surface area contributed by atoms with Gasteiger partial charge in [-0.3, -0.25) is 9.79 Å². The number of pyridine rings is 1. The molecule has 1 amide bonds. The Bertz CT molecular complexity index is 1210. The minimum Gasteiger partial charge on any atom is -0.507 e. The van der Waals surface area contributed by atoms with Crippen LogP contribution in [0.5, 0.6) is 5.75 Å². The number of hydrogen-bond acceptors (Lipinski definition) is 6. The van der Waals surface area contributed by atoms with Crippen molar-refractivity contribution in [3.63, 3.8) is 0 Å². The summed E-state index contributed by atoms with van der Waals surface area (Å²) < 4.78 is 39.3. The van der Waals surface area contributed by atoms with E-state index in [9.17, 15) is 28.2 Å². The molecule has 1 aliphatic heterocycles. The van der Waals surface area contributed by atoms with E-state index in [1.54, 1.807) is 19.9 Å². The molecule has 0 bridgehead atoms. The van der Waals surface area contributed by atoms with Crippen molar-refractivity contribution in [2.75, 3.05) is 18.8 Å². The van der Waals surface area contributed by atoms with Gasteiger partial charge in [0.1, 0.15) is 17.2 Å². The molecule has 1 unspecified atom stereocenters. The van der Waals surface area contributed by atoms with E-state index in [4.69, 9.17) is 10.7 Å². The van der Waals surface area contributed by atoms with E-state index in [0.29, 0.717) is 42.9 Å². The van der Waals surface area contributed by atoms with Crippen molar-refractivity contribution in [2.45, 2.75) is 64.8 Å². The van der Waals surface area contributed by atoms with Crippen molar-refractivity contribution in [3.8, 4) is 17.0 Å². The lowest BCUT2D eigenvalue weighted by Gasteiger charge is -2.26. The molecule has 2 aliphatic rings. The van der Waals surface area contributed by atoms with E-state index in [0.717, 1.165) is 18.9 Å². The van der Waals surface area contributed by atoms with Gasteiger partial charge < -0.3 is 20.8 Å². The first-order valence-electron chi connectivity index (χ1n) is 11.8. The third-order valence-electron chi connectivity index (χ3n) is 6.71. The van der Waals surface area contributed by atoms with Crippen LogP contribution in [0.1, 0.15) is 56.7 Å². The average molecular weight is 505 g/mol. The van der Waals surface area contributed by atoms with Crippen LogP contribution in [-0.4, -0.2) is 56.4 Å². The molecule has 1 aromatic carbocycles. The molecule has 36 heavy (non-hydrogen) atoms. The standard InChI is InChI=1S/C26H31F3N4O3/c1-14-9-15(26(27,28)29)10-19(34)21(14)18-8-7-17(23(30)32-18)22(24(2,3)36)31-12-25(4)11-20(35)33(13-25)16-5-6-16/h7-10,16,34,36H,5-6,11-13H2,1-4H3,(H2,30,32). The molecule has 2 heterocycles. The number of phenolic OH excluding ortho intramolecular Hbond substituents is 1. The van der Waals surface area contributed by atoms with Crippen LogP contribution < -0.4 is 5.73 Å². The number of carbonyl (C=O) groups excluding carboxylic acids is 1. The Labute approximate surface area is 207 Å². The monoisotopic (exact) mass is 504 g/mol. The van der Waals surface area contributed by atoms with Gasteiger partial charge in [0.2, 0.25) is 5.91 Å². The first-order valence-corrected chi connectivity index (χ1v) is 11.8. The molecule has 10 heteroatoms. The largest absolute Gasteiger partial charge is 0.507 e. The number of aliphatic imine (C=N–C) groups is 1. The predicted octanol–water partition coefficient (Wildman–Crippen LogP) is 4.32. The summed E-state index contributed by atoms with van der Waals surface area (Å²) in [5, 5.41) is 21.2. The molecule has 194 valence electrons. The number of likely N-dealkylation sites (tertiary alicyclic amines) is 1.